The molecular formula is C34H52ClN5O5. The summed E-state index contributed by atoms with van der Waals surface area (Å²) in [6.45, 7) is 4.86. The average Bonchev–Trinajstić information content (AvgIpc) is 3.63. The number of rotatable bonds is 7. The summed E-state index contributed by atoms with van der Waals surface area (Å²) in [5, 5.41) is 12.5. The smallest absolute Gasteiger partial charge is 0.407 e. The number of benzene rings is 1. The molecule has 0 unspecified atom stereocenters. The number of carboxylic acid groups (broad SMARTS) is 1. The van der Waals surface area contributed by atoms with Crippen molar-refractivity contribution in [3.63, 3.8) is 0 Å². The molecule has 2 aliphatic carbocycles. The summed E-state index contributed by atoms with van der Waals surface area (Å²) in [7, 11) is 0. The zero-order valence-electron chi connectivity index (χ0n) is 26.8. The average molecular weight is 646 g/mol. The van der Waals surface area contributed by atoms with Gasteiger partial charge in [-0.25, -0.2) is 9.59 Å². The molecule has 45 heavy (non-hydrogen) atoms. The second-order valence-corrected chi connectivity index (χ2v) is 13.5. The summed E-state index contributed by atoms with van der Waals surface area (Å²) in [6, 6.07) is 6.97. The minimum Gasteiger partial charge on any atom is -0.465 e. The third-order valence-electron chi connectivity index (χ3n) is 9.83. The maximum absolute atomic E-state index is 12.5. The standard InChI is InChI=1S/C20H28ClN3O2.C14H24N2O3/c21-17-7-9-18(10-8-17)22-20(26)24-13-3-12-23(14-15-24)19(25)11-6-16-4-1-2-5-16;17-13(7-6-12-4-1-2-5-12)15-8-3-9-16(11-10-15)14(18)19/h7-10,16H,1-6,11-15H2,(H,22,26);12H,1-11H2,(H,18,19). The molecule has 0 radical (unpaired) electrons. The van der Waals surface area contributed by atoms with Gasteiger partial charge in [-0.15, -0.1) is 0 Å². The fraction of sp³-hybridized carbons (Fsp3) is 0.706. The molecule has 4 aliphatic rings. The lowest BCUT2D eigenvalue weighted by molar-refractivity contribution is -0.132. The highest BCUT2D eigenvalue weighted by atomic mass is 35.5. The molecule has 4 fully saturated rings. The van der Waals surface area contributed by atoms with Crippen LogP contribution in [0.1, 0.15) is 89.9 Å². The fourth-order valence-electron chi connectivity index (χ4n) is 7.03. The summed E-state index contributed by atoms with van der Waals surface area (Å²) in [4.78, 5) is 55.0. The number of carbonyl (C=O) groups is 4. The molecule has 2 saturated heterocycles. The number of amides is 5. The van der Waals surface area contributed by atoms with E-state index >= 15 is 0 Å². The molecule has 10 nitrogen and oxygen atoms in total. The number of carbonyl (C=O) groups excluding carboxylic acids is 3. The molecule has 2 aliphatic heterocycles. The number of hydrogen-bond acceptors (Lipinski definition) is 4. The lowest BCUT2D eigenvalue weighted by Crippen LogP contribution is -2.39. The van der Waals surface area contributed by atoms with Crippen molar-refractivity contribution >= 4 is 41.2 Å². The lowest BCUT2D eigenvalue weighted by atomic mass is 10.0. The molecule has 250 valence electrons. The first kappa shape index (κ1) is 34.9. The number of urea groups is 1. The Bertz CT molecular complexity index is 1110. The van der Waals surface area contributed by atoms with E-state index in [0.29, 0.717) is 63.7 Å². The van der Waals surface area contributed by atoms with E-state index in [4.69, 9.17) is 16.7 Å². The van der Waals surface area contributed by atoms with Crippen molar-refractivity contribution in [1.29, 1.82) is 0 Å². The normalized spacial score (nSPS) is 19.8. The Balaban J connectivity index is 0.000000215. The Morgan fingerprint density at radius 2 is 1.04 bits per heavy atom. The minimum atomic E-state index is -0.875. The summed E-state index contributed by atoms with van der Waals surface area (Å²) < 4.78 is 0. The van der Waals surface area contributed by atoms with Crippen LogP contribution in [0.2, 0.25) is 5.02 Å². The van der Waals surface area contributed by atoms with Crippen molar-refractivity contribution in [3.8, 4) is 0 Å². The van der Waals surface area contributed by atoms with Crippen LogP contribution < -0.4 is 5.32 Å². The first-order chi connectivity index (χ1) is 21.8. The van der Waals surface area contributed by atoms with Crippen LogP contribution in [-0.4, -0.2) is 101 Å². The lowest BCUT2D eigenvalue weighted by Gasteiger charge is -2.23. The van der Waals surface area contributed by atoms with Gasteiger partial charge in [-0.1, -0.05) is 63.0 Å². The summed E-state index contributed by atoms with van der Waals surface area (Å²) in [5.41, 5.74) is 0.730. The van der Waals surface area contributed by atoms with Gasteiger partial charge >= 0.3 is 12.1 Å². The van der Waals surface area contributed by atoms with Crippen LogP contribution in [0.3, 0.4) is 0 Å². The first-order valence-corrected chi connectivity index (χ1v) is 17.5. The van der Waals surface area contributed by atoms with Gasteiger partial charge < -0.3 is 30.0 Å². The van der Waals surface area contributed by atoms with E-state index in [-0.39, 0.29) is 17.8 Å². The number of nitrogens with zero attached hydrogens (tertiary/aromatic N) is 4. The van der Waals surface area contributed by atoms with E-state index in [1.807, 2.05) is 9.80 Å². The first-order valence-electron chi connectivity index (χ1n) is 17.1. The van der Waals surface area contributed by atoms with Crippen LogP contribution in [0.25, 0.3) is 0 Å². The second-order valence-electron chi connectivity index (χ2n) is 13.0. The zero-order chi connectivity index (χ0) is 32.0. The molecule has 0 aromatic heterocycles. The van der Waals surface area contributed by atoms with Crippen molar-refractivity contribution in [1.82, 2.24) is 19.6 Å². The molecule has 2 heterocycles. The van der Waals surface area contributed by atoms with Crippen LogP contribution in [-0.2, 0) is 9.59 Å². The highest BCUT2D eigenvalue weighted by Crippen LogP contribution is 2.29. The van der Waals surface area contributed by atoms with E-state index < -0.39 is 6.09 Å². The van der Waals surface area contributed by atoms with Gasteiger partial charge in [-0.2, -0.15) is 0 Å². The second kappa shape index (κ2) is 18.2. The highest BCUT2D eigenvalue weighted by Gasteiger charge is 2.25. The maximum atomic E-state index is 12.5. The maximum Gasteiger partial charge on any atom is 0.407 e. The highest BCUT2D eigenvalue weighted by molar-refractivity contribution is 6.30. The Hall–Kier alpha value is -3.01. The van der Waals surface area contributed by atoms with Crippen molar-refractivity contribution in [3.05, 3.63) is 29.3 Å². The van der Waals surface area contributed by atoms with Gasteiger partial charge in [0.25, 0.3) is 0 Å². The van der Waals surface area contributed by atoms with E-state index in [9.17, 15) is 19.2 Å². The van der Waals surface area contributed by atoms with E-state index in [1.165, 1.54) is 56.3 Å². The molecule has 5 amide bonds. The third kappa shape index (κ3) is 11.7. The Labute approximate surface area is 273 Å². The minimum absolute atomic E-state index is 0.118. The van der Waals surface area contributed by atoms with E-state index in [0.717, 1.165) is 49.8 Å². The fourth-order valence-corrected chi connectivity index (χ4v) is 7.16. The molecule has 2 N–H and O–H groups in total. The van der Waals surface area contributed by atoms with E-state index in [2.05, 4.69) is 5.32 Å². The molecular weight excluding hydrogens is 594 g/mol. The van der Waals surface area contributed by atoms with Gasteiger partial charge in [0.05, 0.1) is 0 Å². The van der Waals surface area contributed by atoms with Gasteiger partial charge in [-0.3, -0.25) is 9.59 Å². The topological polar surface area (TPSA) is 114 Å². The molecule has 0 spiro atoms. The summed E-state index contributed by atoms with van der Waals surface area (Å²) in [5.74, 6) is 1.94. The monoisotopic (exact) mass is 645 g/mol. The molecule has 0 atom stereocenters. The van der Waals surface area contributed by atoms with Crippen LogP contribution in [0.4, 0.5) is 15.3 Å². The van der Waals surface area contributed by atoms with Crippen molar-refractivity contribution < 1.29 is 24.3 Å². The van der Waals surface area contributed by atoms with Crippen molar-refractivity contribution in [2.75, 3.05) is 57.7 Å². The van der Waals surface area contributed by atoms with Gasteiger partial charge in [0, 0.05) is 75.9 Å². The van der Waals surface area contributed by atoms with Crippen LogP contribution in [0.5, 0.6) is 0 Å². The quantitative estimate of drug-likeness (QED) is 0.349. The third-order valence-corrected chi connectivity index (χ3v) is 10.1. The molecule has 5 rings (SSSR count). The predicted molar refractivity (Wildman–Crippen MR) is 176 cm³/mol. The number of hydrogen-bond donors (Lipinski definition) is 2. The van der Waals surface area contributed by atoms with Crippen molar-refractivity contribution in [2.45, 2.75) is 89.9 Å². The Morgan fingerprint density at radius 3 is 1.53 bits per heavy atom. The van der Waals surface area contributed by atoms with Gasteiger partial charge in [0.2, 0.25) is 11.8 Å². The van der Waals surface area contributed by atoms with Crippen LogP contribution >= 0.6 is 11.6 Å². The summed E-state index contributed by atoms with van der Waals surface area (Å²) >= 11 is 5.87. The van der Waals surface area contributed by atoms with Gasteiger partial charge in [0.15, 0.2) is 0 Å². The number of anilines is 1. The van der Waals surface area contributed by atoms with E-state index in [1.54, 1.807) is 29.2 Å². The Kier molecular flexibility index (Phi) is 14.1. The molecule has 11 heteroatoms. The molecule has 0 bridgehead atoms. The molecule has 1 aromatic carbocycles. The zero-order valence-corrected chi connectivity index (χ0v) is 27.5. The number of halogens is 1. The predicted octanol–water partition coefficient (Wildman–Crippen LogP) is 6.55. The Morgan fingerprint density at radius 1 is 0.622 bits per heavy atom. The van der Waals surface area contributed by atoms with Crippen LogP contribution in [0, 0.1) is 11.8 Å². The largest absolute Gasteiger partial charge is 0.465 e. The van der Waals surface area contributed by atoms with Gasteiger partial charge in [-0.05, 0) is 61.8 Å². The molecule has 2 saturated carbocycles. The molecule has 1 aromatic rings. The van der Waals surface area contributed by atoms with Gasteiger partial charge in [0.1, 0.15) is 0 Å². The summed E-state index contributed by atoms with van der Waals surface area (Å²) in [6.07, 6.45) is 14.4. The number of nitrogens with one attached hydrogen (secondary N) is 1. The van der Waals surface area contributed by atoms with Crippen molar-refractivity contribution in [2.24, 2.45) is 11.8 Å². The van der Waals surface area contributed by atoms with Crippen LogP contribution in [0.15, 0.2) is 24.3 Å². The SMILES string of the molecule is O=C(CCC1CCCC1)N1CCCN(C(=O)Nc2ccc(Cl)cc2)CC1.O=C(O)N1CCCN(C(=O)CCC2CCCC2)CC1.